The van der Waals surface area contributed by atoms with E-state index in [4.69, 9.17) is 11.6 Å². The lowest BCUT2D eigenvalue weighted by atomic mass is 10.4. The Bertz CT molecular complexity index is 437. The average molecular weight is 182 g/mol. The van der Waals surface area contributed by atoms with Gasteiger partial charge < -0.3 is 0 Å². The number of halogens is 1. The molecule has 0 atom stereocenters. The second kappa shape index (κ2) is 2.57. The van der Waals surface area contributed by atoms with E-state index in [0.717, 1.165) is 0 Å². The zero-order chi connectivity index (χ0) is 8.55. The average Bonchev–Trinajstić information content (AvgIpc) is 2.44. The molecular weight excluding hydrogens is 178 g/mol. The molecule has 0 N–H and O–H groups in total. The predicted molar refractivity (Wildman–Crippen MR) is 43.4 cm³/mol. The summed E-state index contributed by atoms with van der Waals surface area (Å²) in [6.07, 6.45) is 2.18. The molecule has 2 aromatic rings. The van der Waals surface area contributed by atoms with Crippen LogP contribution in [0.4, 0.5) is 0 Å². The summed E-state index contributed by atoms with van der Waals surface area (Å²) in [5.41, 5.74) is 0.858. The van der Waals surface area contributed by atoms with Gasteiger partial charge >= 0.3 is 0 Å². The molecule has 2 heterocycles. The summed E-state index contributed by atoms with van der Waals surface area (Å²) in [7, 11) is 0. The highest BCUT2D eigenvalue weighted by molar-refractivity contribution is 6.35. The Labute approximate surface area is 72.8 Å². The Morgan fingerprint density at radius 2 is 2.42 bits per heavy atom. The second-order valence-electron chi connectivity index (χ2n) is 2.22. The summed E-state index contributed by atoms with van der Waals surface area (Å²) >= 11 is 5.80. The fourth-order valence-electron chi connectivity index (χ4n) is 0.958. The van der Waals surface area contributed by atoms with E-state index in [9.17, 15) is 4.79 Å². The van der Waals surface area contributed by atoms with Crippen molar-refractivity contribution in [3.05, 3.63) is 29.0 Å². The molecule has 0 aliphatic carbocycles. The molecule has 0 aromatic carbocycles. The molecule has 5 heteroatoms. The van der Waals surface area contributed by atoms with Gasteiger partial charge in [-0.2, -0.15) is 5.10 Å². The zero-order valence-corrected chi connectivity index (χ0v) is 6.69. The largest absolute Gasteiger partial charge is 0.296 e. The third-order valence-electron chi connectivity index (χ3n) is 1.50. The van der Waals surface area contributed by atoms with Crippen molar-refractivity contribution in [3.8, 4) is 0 Å². The summed E-state index contributed by atoms with van der Waals surface area (Å²) in [5, 5.41) is 8.05. The van der Waals surface area contributed by atoms with Crippen LogP contribution >= 0.6 is 11.6 Å². The molecule has 0 radical (unpaired) electrons. The highest BCUT2D eigenvalue weighted by Crippen LogP contribution is 2.18. The molecule has 2 aromatic heterocycles. The normalized spacial score (nSPS) is 10.4. The summed E-state index contributed by atoms with van der Waals surface area (Å²) in [6, 6.07) is 3.48. The van der Waals surface area contributed by atoms with Gasteiger partial charge in [-0.1, -0.05) is 11.6 Å². The highest BCUT2D eigenvalue weighted by atomic mass is 35.5. The summed E-state index contributed by atoms with van der Waals surface area (Å²) in [6.45, 7) is 0. The standard InChI is InChI=1S/C7H4ClN3O/c8-7-5(4-12)10-11-6(7)2-1-3-9-11/h1-4H. The van der Waals surface area contributed by atoms with Crippen molar-refractivity contribution < 1.29 is 4.79 Å². The van der Waals surface area contributed by atoms with Gasteiger partial charge in [0.25, 0.3) is 0 Å². The maximum Gasteiger partial charge on any atom is 0.171 e. The number of aromatic nitrogens is 3. The molecule has 0 spiro atoms. The molecule has 4 nitrogen and oxygen atoms in total. The molecule has 60 valence electrons. The Morgan fingerprint density at radius 3 is 3.08 bits per heavy atom. The lowest BCUT2D eigenvalue weighted by molar-refractivity contribution is 0.111. The van der Waals surface area contributed by atoms with Gasteiger partial charge in [0.2, 0.25) is 0 Å². The Hall–Kier alpha value is -1.42. The van der Waals surface area contributed by atoms with Crippen molar-refractivity contribution in [2.75, 3.05) is 0 Å². The molecule has 0 saturated heterocycles. The first-order valence-corrected chi connectivity index (χ1v) is 3.65. The first-order chi connectivity index (χ1) is 5.83. The van der Waals surface area contributed by atoms with Gasteiger partial charge in [0, 0.05) is 6.20 Å². The molecular formula is C7H4ClN3O. The van der Waals surface area contributed by atoms with E-state index in [1.165, 1.54) is 4.63 Å². The third-order valence-corrected chi connectivity index (χ3v) is 1.88. The van der Waals surface area contributed by atoms with E-state index in [1.54, 1.807) is 18.3 Å². The lowest BCUT2D eigenvalue weighted by Crippen LogP contribution is -1.91. The maximum absolute atomic E-state index is 10.4. The Morgan fingerprint density at radius 1 is 1.58 bits per heavy atom. The van der Waals surface area contributed by atoms with Crippen molar-refractivity contribution in [3.63, 3.8) is 0 Å². The fraction of sp³-hybridized carbons (Fsp3) is 0. The number of carbonyl (C=O) groups is 1. The molecule has 0 fully saturated rings. The van der Waals surface area contributed by atoms with E-state index >= 15 is 0 Å². The van der Waals surface area contributed by atoms with Gasteiger partial charge in [0.15, 0.2) is 6.29 Å². The summed E-state index contributed by atoms with van der Waals surface area (Å²) in [4.78, 5) is 10.4. The number of rotatable bonds is 1. The van der Waals surface area contributed by atoms with Gasteiger partial charge in [-0.3, -0.25) is 4.79 Å². The quantitative estimate of drug-likeness (QED) is 0.621. The fourth-order valence-corrected chi connectivity index (χ4v) is 1.18. The minimum Gasteiger partial charge on any atom is -0.296 e. The Balaban J connectivity index is 2.87. The van der Waals surface area contributed by atoms with E-state index in [1.807, 2.05) is 0 Å². The smallest absolute Gasteiger partial charge is 0.171 e. The van der Waals surface area contributed by atoms with E-state index < -0.39 is 0 Å². The van der Waals surface area contributed by atoms with Crippen LogP contribution in [-0.2, 0) is 0 Å². The SMILES string of the molecule is O=Cc1nn2ncccc2c1Cl. The maximum atomic E-state index is 10.4. The van der Waals surface area contributed by atoms with Crippen molar-refractivity contribution in [1.82, 2.24) is 14.8 Å². The van der Waals surface area contributed by atoms with E-state index in [2.05, 4.69) is 10.2 Å². The number of fused-ring (bicyclic) bond motifs is 1. The number of aldehydes is 1. The van der Waals surface area contributed by atoms with E-state index in [-0.39, 0.29) is 5.69 Å². The van der Waals surface area contributed by atoms with E-state index in [0.29, 0.717) is 16.8 Å². The molecule has 0 saturated carbocycles. The zero-order valence-electron chi connectivity index (χ0n) is 5.94. The van der Waals surface area contributed by atoms with Crippen molar-refractivity contribution in [2.24, 2.45) is 0 Å². The van der Waals surface area contributed by atoms with Crippen LogP contribution < -0.4 is 0 Å². The molecule has 0 amide bonds. The minimum atomic E-state index is 0.218. The molecule has 0 aliphatic rings. The molecule has 0 bridgehead atoms. The first-order valence-electron chi connectivity index (χ1n) is 3.27. The van der Waals surface area contributed by atoms with Gasteiger partial charge in [-0.15, -0.1) is 9.73 Å². The lowest BCUT2D eigenvalue weighted by Gasteiger charge is -1.86. The predicted octanol–water partition coefficient (Wildman–Crippen LogP) is 1.20. The van der Waals surface area contributed by atoms with Gasteiger partial charge in [-0.05, 0) is 12.1 Å². The van der Waals surface area contributed by atoms with Crippen LogP contribution in [0.2, 0.25) is 5.02 Å². The van der Waals surface area contributed by atoms with Crippen LogP contribution in [0.5, 0.6) is 0 Å². The van der Waals surface area contributed by atoms with Crippen LogP contribution in [0.15, 0.2) is 18.3 Å². The van der Waals surface area contributed by atoms with Gasteiger partial charge in [0.1, 0.15) is 11.2 Å². The topological polar surface area (TPSA) is 47.3 Å². The van der Waals surface area contributed by atoms with Crippen LogP contribution in [0.3, 0.4) is 0 Å². The van der Waals surface area contributed by atoms with Crippen LogP contribution in [0.25, 0.3) is 5.52 Å². The van der Waals surface area contributed by atoms with Crippen molar-refractivity contribution in [2.45, 2.75) is 0 Å². The van der Waals surface area contributed by atoms with Crippen LogP contribution in [0.1, 0.15) is 10.5 Å². The summed E-state index contributed by atoms with van der Waals surface area (Å²) in [5.74, 6) is 0. The number of hydrogen-bond donors (Lipinski definition) is 0. The monoisotopic (exact) mass is 181 g/mol. The minimum absolute atomic E-state index is 0.218. The van der Waals surface area contributed by atoms with Crippen molar-refractivity contribution in [1.29, 1.82) is 0 Å². The molecule has 0 unspecified atom stereocenters. The summed E-state index contributed by atoms with van der Waals surface area (Å²) < 4.78 is 1.33. The Kier molecular flexibility index (Phi) is 1.55. The number of nitrogens with zero attached hydrogens (tertiary/aromatic N) is 3. The first kappa shape index (κ1) is 7.24. The van der Waals surface area contributed by atoms with Crippen molar-refractivity contribution >= 4 is 23.4 Å². The van der Waals surface area contributed by atoms with Crippen LogP contribution in [-0.4, -0.2) is 21.1 Å². The number of carbonyl (C=O) groups excluding carboxylic acids is 1. The molecule has 2 rings (SSSR count). The molecule has 0 aliphatic heterocycles. The highest BCUT2D eigenvalue weighted by Gasteiger charge is 2.08. The van der Waals surface area contributed by atoms with Gasteiger partial charge in [-0.25, -0.2) is 0 Å². The molecule has 12 heavy (non-hydrogen) atoms. The second-order valence-corrected chi connectivity index (χ2v) is 2.59. The number of hydrogen-bond acceptors (Lipinski definition) is 3. The van der Waals surface area contributed by atoms with Crippen LogP contribution in [0, 0.1) is 0 Å². The third kappa shape index (κ3) is 0.887. The van der Waals surface area contributed by atoms with Gasteiger partial charge in [0.05, 0.1) is 5.02 Å².